The number of allylic oxidation sites excluding steroid dienone is 3. The predicted octanol–water partition coefficient (Wildman–Crippen LogP) is 4.37. The Bertz CT molecular complexity index is 569. The Hall–Kier alpha value is -1.38. The van der Waals surface area contributed by atoms with Crippen LogP contribution in [0.1, 0.15) is 65.7 Å². The molecule has 1 aliphatic heterocycles. The minimum absolute atomic E-state index is 0.0285. The summed E-state index contributed by atoms with van der Waals surface area (Å²) in [5, 5.41) is 0. The summed E-state index contributed by atoms with van der Waals surface area (Å²) in [6.45, 7) is 6.45. The summed E-state index contributed by atoms with van der Waals surface area (Å²) in [6.07, 6.45) is 8.79. The molecular weight excluding hydrogens is 288 g/mol. The van der Waals surface area contributed by atoms with Crippen molar-refractivity contribution in [2.75, 3.05) is 0 Å². The summed E-state index contributed by atoms with van der Waals surface area (Å²) in [5.41, 5.74) is 1.33. The predicted molar refractivity (Wildman–Crippen MR) is 89.8 cm³/mol. The van der Waals surface area contributed by atoms with Crippen molar-refractivity contribution in [3.8, 4) is 0 Å². The Morgan fingerprint density at radius 2 is 1.96 bits per heavy atom. The van der Waals surface area contributed by atoms with Crippen LogP contribution >= 0.6 is 0 Å². The third kappa shape index (κ3) is 3.02. The number of ketones is 2. The number of carbonyl (C=O) groups is 2. The van der Waals surface area contributed by atoms with E-state index in [1.165, 1.54) is 6.42 Å². The lowest BCUT2D eigenvalue weighted by Gasteiger charge is -2.44. The SMILES string of the molecule is CCCCCC1=CC(=O)C2=C(OC(C)[C@@H]3CCC(C)C[C@@H]23)C1=O. The van der Waals surface area contributed by atoms with Crippen LogP contribution in [0.3, 0.4) is 0 Å². The molecule has 0 aromatic heterocycles. The van der Waals surface area contributed by atoms with E-state index >= 15 is 0 Å². The molecule has 3 rings (SSSR count). The van der Waals surface area contributed by atoms with E-state index in [2.05, 4.69) is 20.8 Å². The van der Waals surface area contributed by atoms with Crippen LogP contribution < -0.4 is 0 Å². The van der Waals surface area contributed by atoms with Gasteiger partial charge in [-0.25, -0.2) is 0 Å². The largest absolute Gasteiger partial charge is 0.486 e. The number of carbonyl (C=O) groups excluding carboxylic acids is 2. The summed E-state index contributed by atoms with van der Waals surface area (Å²) in [4.78, 5) is 25.5. The van der Waals surface area contributed by atoms with Crippen molar-refractivity contribution in [3.63, 3.8) is 0 Å². The number of hydrogen-bond acceptors (Lipinski definition) is 3. The Morgan fingerprint density at radius 1 is 1.17 bits per heavy atom. The van der Waals surface area contributed by atoms with Crippen molar-refractivity contribution in [2.24, 2.45) is 17.8 Å². The zero-order chi connectivity index (χ0) is 16.6. The van der Waals surface area contributed by atoms with Crippen molar-refractivity contribution >= 4 is 11.6 Å². The summed E-state index contributed by atoms with van der Waals surface area (Å²) in [5.74, 6) is 1.60. The molecule has 2 unspecified atom stereocenters. The summed E-state index contributed by atoms with van der Waals surface area (Å²) in [7, 11) is 0. The standard InChI is InChI=1S/C20H28O3/c1-4-5-6-7-14-11-17(21)18-16-10-12(2)8-9-15(16)13(3)23-20(18)19(14)22/h11-13,15-16H,4-10H2,1-3H3/t12?,13?,15-,16+/m0/s1. The van der Waals surface area contributed by atoms with Gasteiger partial charge in [0.1, 0.15) is 0 Å². The lowest BCUT2D eigenvalue weighted by Crippen LogP contribution is -2.43. The van der Waals surface area contributed by atoms with Gasteiger partial charge in [0.05, 0.1) is 6.10 Å². The fourth-order valence-electron chi connectivity index (χ4n) is 4.47. The van der Waals surface area contributed by atoms with Crippen LogP contribution in [-0.4, -0.2) is 17.7 Å². The van der Waals surface area contributed by atoms with Crippen LogP contribution in [0.5, 0.6) is 0 Å². The van der Waals surface area contributed by atoms with Gasteiger partial charge < -0.3 is 4.74 Å². The molecule has 1 heterocycles. The average Bonchev–Trinajstić information content (AvgIpc) is 2.51. The molecule has 0 aromatic rings. The number of Topliss-reactive ketones (excluding diaryl/α,β-unsaturated/α-hetero) is 1. The number of ether oxygens (including phenoxy) is 1. The highest BCUT2D eigenvalue weighted by Gasteiger charge is 2.46. The van der Waals surface area contributed by atoms with E-state index in [4.69, 9.17) is 4.74 Å². The fraction of sp³-hybridized carbons (Fsp3) is 0.700. The van der Waals surface area contributed by atoms with Crippen molar-refractivity contribution in [3.05, 3.63) is 23.0 Å². The number of hydrogen-bond donors (Lipinski definition) is 0. The molecule has 4 atom stereocenters. The highest BCUT2D eigenvalue weighted by molar-refractivity contribution is 6.22. The Kier molecular flexibility index (Phi) is 4.74. The number of rotatable bonds is 4. The molecule has 3 heteroatoms. The molecule has 2 aliphatic carbocycles. The molecule has 1 fully saturated rings. The molecule has 0 amide bonds. The molecule has 23 heavy (non-hydrogen) atoms. The van der Waals surface area contributed by atoms with Crippen molar-refractivity contribution in [1.29, 1.82) is 0 Å². The molecule has 3 nitrogen and oxygen atoms in total. The molecule has 0 spiro atoms. The smallest absolute Gasteiger partial charge is 0.224 e. The molecule has 3 aliphatic rings. The van der Waals surface area contributed by atoms with Gasteiger partial charge >= 0.3 is 0 Å². The van der Waals surface area contributed by atoms with Gasteiger partial charge in [0.25, 0.3) is 0 Å². The van der Waals surface area contributed by atoms with E-state index in [-0.39, 0.29) is 23.6 Å². The second-order valence-corrected chi connectivity index (χ2v) is 7.57. The molecule has 0 bridgehead atoms. The van der Waals surface area contributed by atoms with Crippen LogP contribution in [0, 0.1) is 17.8 Å². The maximum absolute atomic E-state index is 12.8. The fourth-order valence-corrected chi connectivity index (χ4v) is 4.47. The summed E-state index contributed by atoms with van der Waals surface area (Å²) < 4.78 is 5.98. The summed E-state index contributed by atoms with van der Waals surface area (Å²) >= 11 is 0. The Labute approximate surface area is 139 Å². The zero-order valence-corrected chi connectivity index (χ0v) is 14.6. The molecule has 0 aromatic carbocycles. The Balaban J connectivity index is 1.87. The highest BCUT2D eigenvalue weighted by Crippen LogP contribution is 2.47. The first-order valence-electron chi connectivity index (χ1n) is 9.23. The van der Waals surface area contributed by atoms with Gasteiger partial charge in [0.2, 0.25) is 5.78 Å². The second kappa shape index (κ2) is 6.62. The molecule has 0 N–H and O–H groups in total. The minimum Gasteiger partial charge on any atom is -0.486 e. The minimum atomic E-state index is -0.0285. The lowest BCUT2D eigenvalue weighted by molar-refractivity contribution is -0.123. The van der Waals surface area contributed by atoms with Crippen molar-refractivity contribution in [2.45, 2.75) is 71.8 Å². The van der Waals surface area contributed by atoms with Gasteiger partial charge in [-0.15, -0.1) is 0 Å². The summed E-state index contributed by atoms with van der Waals surface area (Å²) in [6, 6.07) is 0. The van der Waals surface area contributed by atoms with Crippen LogP contribution in [0.15, 0.2) is 23.0 Å². The van der Waals surface area contributed by atoms with E-state index in [9.17, 15) is 9.59 Å². The van der Waals surface area contributed by atoms with Gasteiger partial charge in [-0.05, 0) is 50.5 Å². The van der Waals surface area contributed by atoms with E-state index in [1.807, 2.05) is 0 Å². The quantitative estimate of drug-likeness (QED) is 0.571. The van der Waals surface area contributed by atoms with Gasteiger partial charge in [-0.2, -0.15) is 0 Å². The third-order valence-electron chi connectivity index (χ3n) is 5.81. The first kappa shape index (κ1) is 16.5. The zero-order valence-electron chi connectivity index (χ0n) is 14.6. The van der Waals surface area contributed by atoms with Crippen molar-refractivity contribution < 1.29 is 14.3 Å². The lowest BCUT2D eigenvalue weighted by atomic mass is 9.66. The van der Waals surface area contributed by atoms with Crippen LogP contribution in [0.4, 0.5) is 0 Å². The molecule has 0 saturated heterocycles. The average molecular weight is 316 g/mol. The van der Waals surface area contributed by atoms with Gasteiger partial charge in [0.15, 0.2) is 11.5 Å². The second-order valence-electron chi connectivity index (χ2n) is 7.57. The number of unbranched alkanes of at least 4 members (excludes halogenated alkanes) is 2. The van der Waals surface area contributed by atoms with E-state index in [0.717, 1.165) is 32.1 Å². The monoisotopic (exact) mass is 316 g/mol. The molecule has 126 valence electrons. The normalized spacial score (nSPS) is 33.8. The third-order valence-corrected chi connectivity index (χ3v) is 5.81. The molecular formula is C20H28O3. The van der Waals surface area contributed by atoms with Crippen LogP contribution in [-0.2, 0) is 14.3 Å². The van der Waals surface area contributed by atoms with Crippen LogP contribution in [0.2, 0.25) is 0 Å². The maximum Gasteiger partial charge on any atom is 0.224 e. The topological polar surface area (TPSA) is 43.4 Å². The van der Waals surface area contributed by atoms with E-state index < -0.39 is 0 Å². The molecule has 0 radical (unpaired) electrons. The van der Waals surface area contributed by atoms with Crippen molar-refractivity contribution in [1.82, 2.24) is 0 Å². The van der Waals surface area contributed by atoms with Gasteiger partial charge in [-0.3, -0.25) is 9.59 Å². The first-order valence-corrected chi connectivity index (χ1v) is 9.23. The van der Waals surface area contributed by atoms with Crippen LogP contribution in [0.25, 0.3) is 0 Å². The number of fused-ring (bicyclic) bond motifs is 2. The van der Waals surface area contributed by atoms with Gasteiger partial charge in [-0.1, -0.05) is 33.1 Å². The highest BCUT2D eigenvalue weighted by atomic mass is 16.5. The van der Waals surface area contributed by atoms with Gasteiger partial charge in [0, 0.05) is 17.1 Å². The van der Waals surface area contributed by atoms with E-state index in [0.29, 0.717) is 35.2 Å². The Morgan fingerprint density at radius 3 is 2.70 bits per heavy atom. The molecule has 1 saturated carbocycles. The first-order chi connectivity index (χ1) is 11.0. The maximum atomic E-state index is 12.8. The van der Waals surface area contributed by atoms with E-state index in [1.54, 1.807) is 6.08 Å².